The maximum absolute atomic E-state index is 11.7. The number of aromatic nitrogens is 3. The molecular weight excluding hydrogens is 494 g/mol. The van der Waals surface area contributed by atoms with E-state index in [1.807, 2.05) is 56.3 Å². The van der Waals surface area contributed by atoms with Gasteiger partial charge in [0.2, 0.25) is 0 Å². The Kier molecular flexibility index (Phi) is 6.79. The van der Waals surface area contributed by atoms with Gasteiger partial charge >= 0.3 is 11.9 Å². The number of hydrogen-bond acceptors (Lipinski definition) is 5. The molecule has 1 heterocycles. The van der Waals surface area contributed by atoms with E-state index in [-0.39, 0.29) is 38.7 Å². The fourth-order valence-electron chi connectivity index (χ4n) is 5.50. The largest absolute Gasteiger partial charge is 0.505 e. The van der Waals surface area contributed by atoms with Gasteiger partial charge in [-0.2, -0.15) is 0 Å². The van der Waals surface area contributed by atoms with Crippen LogP contribution in [0.1, 0.15) is 92.3 Å². The minimum Gasteiger partial charge on any atom is -0.505 e. The second-order valence-corrected chi connectivity index (χ2v) is 12.5. The van der Waals surface area contributed by atoms with Crippen LogP contribution < -0.4 is 0 Å². The van der Waals surface area contributed by atoms with Crippen molar-refractivity contribution in [1.29, 1.82) is 0 Å². The van der Waals surface area contributed by atoms with Crippen molar-refractivity contribution in [3.05, 3.63) is 82.4 Å². The predicted molar refractivity (Wildman–Crippen MR) is 150 cm³/mol. The second-order valence-electron chi connectivity index (χ2n) is 12.5. The summed E-state index contributed by atoms with van der Waals surface area (Å²) in [5, 5.41) is 39.7. The van der Waals surface area contributed by atoms with Crippen molar-refractivity contribution in [3.63, 3.8) is 0 Å². The number of phenolic OH excluding ortho intramolecular Hbond substituents is 1. The number of carbonyl (C=O) groups is 2. The molecule has 4 aromatic rings. The zero-order chi connectivity index (χ0) is 28.9. The maximum atomic E-state index is 11.7. The van der Waals surface area contributed by atoms with E-state index < -0.39 is 17.4 Å². The average molecular weight is 530 g/mol. The zero-order valence-electron chi connectivity index (χ0n) is 23.4. The lowest BCUT2D eigenvalue weighted by Crippen LogP contribution is -2.27. The summed E-state index contributed by atoms with van der Waals surface area (Å²) in [6.07, 6.45) is 0.869. The molecular formula is C31H35N3O5. The number of aromatic hydroxyl groups is 1. The number of carboxylic acid groups (broad SMARTS) is 2. The molecule has 3 aromatic carbocycles. The van der Waals surface area contributed by atoms with E-state index in [0.29, 0.717) is 11.3 Å². The van der Waals surface area contributed by atoms with Gasteiger partial charge in [-0.25, -0.2) is 9.59 Å². The van der Waals surface area contributed by atoms with Crippen molar-refractivity contribution in [2.45, 2.75) is 65.7 Å². The van der Waals surface area contributed by atoms with Crippen molar-refractivity contribution in [2.75, 3.05) is 0 Å². The van der Waals surface area contributed by atoms with Crippen molar-refractivity contribution in [1.82, 2.24) is 15.0 Å². The first-order valence-corrected chi connectivity index (χ1v) is 12.8. The van der Waals surface area contributed by atoms with Gasteiger partial charge in [0.1, 0.15) is 22.5 Å². The van der Waals surface area contributed by atoms with Crippen LogP contribution in [0, 0.1) is 5.41 Å². The molecule has 0 atom stereocenters. The monoisotopic (exact) mass is 529 g/mol. The van der Waals surface area contributed by atoms with E-state index in [4.69, 9.17) is 0 Å². The lowest BCUT2D eigenvalue weighted by molar-refractivity contribution is 0.0652. The molecule has 0 aliphatic carbocycles. The lowest BCUT2D eigenvalue weighted by atomic mass is 9.70. The van der Waals surface area contributed by atoms with Crippen LogP contribution in [-0.2, 0) is 10.8 Å². The molecule has 1 aromatic heterocycles. The number of fused-ring (bicyclic) bond motifs is 1. The van der Waals surface area contributed by atoms with Gasteiger partial charge in [-0.15, -0.1) is 15.0 Å². The number of rotatable bonds is 7. The fourth-order valence-corrected chi connectivity index (χ4v) is 5.50. The van der Waals surface area contributed by atoms with Crippen molar-refractivity contribution < 1.29 is 24.9 Å². The first-order chi connectivity index (χ1) is 18.0. The molecule has 0 saturated carbocycles. The van der Waals surface area contributed by atoms with Gasteiger partial charge in [0.05, 0.1) is 11.1 Å². The number of nitrogens with zero attached hydrogens (tertiary/aromatic N) is 3. The van der Waals surface area contributed by atoms with E-state index in [1.165, 1.54) is 16.9 Å². The maximum Gasteiger partial charge on any atom is 0.336 e. The fraction of sp³-hybridized carbons (Fsp3) is 0.355. The topological polar surface area (TPSA) is 126 Å². The standard InChI is InChI=1S/C31H35N3O5/c1-29(2,3)17-30(4,5)19-13-22(31(6,7)18-11-9-8-10-12-18)26(35)25(14-19)34-32-23-15-20(27(36)37)21(28(38)39)16-24(23)33-34/h8-16,35H,17H2,1-7H3,(H,36,37)(H,38,39). The van der Waals surface area contributed by atoms with Gasteiger partial charge in [-0.1, -0.05) is 84.9 Å². The Balaban J connectivity index is 2.00. The molecule has 0 radical (unpaired) electrons. The van der Waals surface area contributed by atoms with Crippen molar-refractivity contribution in [3.8, 4) is 11.4 Å². The number of phenols is 1. The molecule has 39 heavy (non-hydrogen) atoms. The molecule has 4 rings (SSSR count). The van der Waals surface area contributed by atoms with Gasteiger partial charge in [0.25, 0.3) is 0 Å². The molecule has 204 valence electrons. The van der Waals surface area contributed by atoms with Gasteiger partial charge in [-0.05, 0) is 46.6 Å². The summed E-state index contributed by atoms with van der Waals surface area (Å²) in [5.41, 5.74) is 1.89. The quantitative estimate of drug-likeness (QED) is 0.247. The summed E-state index contributed by atoms with van der Waals surface area (Å²) in [6.45, 7) is 15.0. The Bertz CT molecular complexity index is 1530. The van der Waals surface area contributed by atoms with Gasteiger partial charge < -0.3 is 15.3 Å². The van der Waals surface area contributed by atoms with Crippen LogP contribution in [0.5, 0.6) is 5.75 Å². The highest BCUT2D eigenvalue weighted by Gasteiger charge is 2.34. The van der Waals surface area contributed by atoms with Crippen LogP contribution in [-0.4, -0.2) is 42.3 Å². The molecule has 0 bridgehead atoms. The molecule has 0 aliphatic heterocycles. The summed E-state index contributed by atoms with van der Waals surface area (Å²) in [7, 11) is 0. The van der Waals surface area contributed by atoms with E-state index in [9.17, 15) is 24.9 Å². The summed E-state index contributed by atoms with van der Waals surface area (Å²) in [5.74, 6) is -2.74. The average Bonchev–Trinajstić information content (AvgIpc) is 3.25. The Hall–Kier alpha value is -4.20. The number of carboxylic acids is 2. The SMILES string of the molecule is CC(C)(C)CC(C)(C)c1cc(-n2nc3cc(C(=O)O)c(C(=O)O)cc3n2)c(O)c(C(C)(C)c2ccccc2)c1. The summed E-state index contributed by atoms with van der Waals surface area (Å²) in [4.78, 5) is 24.7. The zero-order valence-corrected chi connectivity index (χ0v) is 23.4. The van der Waals surface area contributed by atoms with Crippen LogP contribution in [0.25, 0.3) is 16.7 Å². The number of aromatic carboxylic acids is 2. The highest BCUT2D eigenvalue weighted by atomic mass is 16.4. The summed E-state index contributed by atoms with van der Waals surface area (Å²) >= 11 is 0. The third-order valence-corrected chi connectivity index (χ3v) is 7.21. The Labute approximate surface area is 227 Å². The van der Waals surface area contributed by atoms with Gasteiger partial charge in [-0.3, -0.25) is 0 Å². The van der Waals surface area contributed by atoms with E-state index in [0.717, 1.165) is 17.5 Å². The molecule has 0 fully saturated rings. The molecule has 8 nitrogen and oxygen atoms in total. The second kappa shape index (κ2) is 9.52. The third kappa shape index (κ3) is 5.37. The molecule has 0 aliphatic rings. The number of hydrogen-bond donors (Lipinski definition) is 3. The Morgan fingerprint density at radius 2 is 1.28 bits per heavy atom. The smallest absolute Gasteiger partial charge is 0.336 e. The van der Waals surface area contributed by atoms with E-state index >= 15 is 0 Å². The summed E-state index contributed by atoms with van der Waals surface area (Å²) in [6, 6.07) is 16.2. The molecule has 0 spiro atoms. The Morgan fingerprint density at radius 1 is 0.769 bits per heavy atom. The molecule has 0 unspecified atom stereocenters. The summed E-state index contributed by atoms with van der Waals surface area (Å²) < 4.78 is 0. The molecule has 0 saturated heterocycles. The van der Waals surface area contributed by atoms with Crippen LogP contribution >= 0.6 is 0 Å². The van der Waals surface area contributed by atoms with Crippen molar-refractivity contribution in [2.24, 2.45) is 5.41 Å². The highest BCUT2D eigenvalue weighted by Crippen LogP contribution is 2.44. The third-order valence-electron chi connectivity index (χ3n) is 7.21. The first-order valence-electron chi connectivity index (χ1n) is 12.8. The minimum absolute atomic E-state index is 0.00335. The van der Waals surface area contributed by atoms with Crippen LogP contribution in [0.15, 0.2) is 54.6 Å². The lowest BCUT2D eigenvalue weighted by Gasteiger charge is -2.35. The normalized spacial score (nSPS) is 12.6. The highest BCUT2D eigenvalue weighted by molar-refractivity contribution is 6.05. The van der Waals surface area contributed by atoms with Gasteiger partial charge in [0.15, 0.2) is 0 Å². The van der Waals surface area contributed by atoms with E-state index in [2.05, 4.69) is 44.8 Å². The van der Waals surface area contributed by atoms with Crippen LogP contribution in [0.2, 0.25) is 0 Å². The van der Waals surface area contributed by atoms with Crippen molar-refractivity contribution >= 4 is 23.0 Å². The van der Waals surface area contributed by atoms with Crippen LogP contribution in [0.3, 0.4) is 0 Å². The minimum atomic E-state index is -1.37. The molecule has 0 amide bonds. The Morgan fingerprint density at radius 3 is 1.74 bits per heavy atom. The number of benzene rings is 3. The molecule has 8 heteroatoms. The first kappa shape index (κ1) is 27.8. The van der Waals surface area contributed by atoms with Crippen LogP contribution in [0.4, 0.5) is 0 Å². The molecule has 3 N–H and O–H groups in total. The van der Waals surface area contributed by atoms with Gasteiger partial charge in [0, 0.05) is 11.0 Å². The predicted octanol–water partition coefficient (Wildman–Crippen LogP) is 6.56. The van der Waals surface area contributed by atoms with E-state index in [1.54, 1.807) is 0 Å².